The SMILES string of the molecule is Cc1cncc(CN2CCC(Cn3nc(-c4ccncc4)ccc3=O)CC2)n1. The van der Waals surface area contributed by atoms with Crippen LogP contribution in [0.2, 0.25) is 0 Å². The van der Waals surface area contributed by atoms with Crippen molar-refractivity contribution in [2.75, 3.05) is 13.1 Å². The van der Waals surface area contributed by atoms with Crippen LogP contribution in [-0.2, 0) is 13.1 Å². The summed E-state index contributed by atoms with van der Waals surface area (Å²) in [6.45, 7) is 5.46. The van der Waals surface area contributed by atoms with Gasteiger partial charge in [0.15, 0.2) is 0 Å². The van der Waals surface area contributed by atoms with E-state index in [4.69, 9.17) is 0 Å². The topological polar surface area (TPSA) is 76.8 Å². The van der Waals surface area contributed by atoms with Crippen LogP contribution in [0, 0.1) is 12.8 Å². The summed E-state index contributed by atoms with van der Waals surface area (Å²) in [6, 6.07) is 7.20. The third kappa shape index (κ3) is 4.48. The van der Waals surface area contributed by atoms with Crippen LogP contribution < -0.4 is 5.56 Å². The van der Waals surface area contributed by atoms with Crippen molar-refractivity contribution in [3.63, 3.8) is 0 Å². The van der Waals surface area contributed by atoms with E-state index in [1.54, 1.807) is 35.4 Å². The fourth-order valence-corrected chi connectivity index (χ4v) is 3.65. The number of hydrogen-bond donors (Lipinski definition) is 0. The lowest BCUT2D eigenvalue weighted by molar-refractivity contribution is 0.162. The molecule has 0 radical (unpaired) electrons. The van der Waals surface area contributed by atoms with Crippen LogP contribution >= 0.6 is 0 Å². The lowest BCUT2D eigenvalue weighted by Gasteiger charge is -2.31. The van der Waals surface area contributed by atoms with Crippen molar-refractivity contribution >= 4 is 0 Å². The average molecular weight is 376 g/mol. The maximum atomic E-state index is 12.3. The molecule has 28 heavy (non-hydrogen) atoms. The van der Waals surface area contributed by atoms with Gasteiger partial charge in [-0.15, -0.1) is 0 Å². The third-order valence-corrected chi connectivity index (χ3v) is 5.17. The predicted octanol–water partition coefficient (Wildman–Crippen LogP) is 2.32. The molecule has 0 N–H and O–H groups in total. The third-order valence-electron chi connectivity index (χ3n) is 5.17. The van der Waals surface area contributed by atoms with E-state index in [-0.39, 0.29) is 5.56 Å². The smallest absolute Gasteiger partial charge is 0.266 e. The first-order chi connectivity index (χ1) is 13.7. The highest BCUT2D eigenvalue weighted by Gasteiger charge is 2.21. The van der Waals surface area contributed by atoms with Crippen LogP contribution in [-0.4, -0.2) is 42.7 Å². The lowest BCUT2D eigenvalue weighted by atomic mass is 9.96. The van der Waals surface area contributed by atoms with E-state index in [2.05, 4.69) is 25.0 Å². The number of aryl methyl sites for hydroxylation is 1. The summed E-state index contributed by atoms with van der Waals surface area (Å²) in [5, 5.41) is 4.58. The Labute approximate surface area is 164 Å². The molecule has 4 rings (SSSR count). The molecule has 3 aromatic heterocycles. The zero-order valence-electron chi connectivity index (χ0n) is 16.0. The minimum Gasteiger partial charge on any atom is -0.297 e. The van der Waals surface area contributed by atoms with E-state index in [1.165, 1.54) is 0 Å². The summed E-state index contributed by atoms with van der Waals surface area (Å²) < 4.78 is 1.61. The molecule has 0 aromatic carbocycles. The largest absolute Gasteiger partial charge is 0.297 e. The second-order valence-corrected chi connectivity index (χ2v) is 7.35. The number of aromatic nitrogens is 5. The summed E-state index contributed by atoms with van der Waals surface area (Å²) in [7, 11) is 0. The van der Waals surface area contributed by atoms with Gasteiger partial charge in [0.1, 0.15) is 0 Å². The molecule has 1 aliphatic heterocycles. The fourth-order valence-electron chi connectivity index (χ4n) is 3.65. The Kier molecular flexibility index (Phi) is 5.53. The van der Waals surface area contributed by atoms with E-state index in [0.717, 1.165) is 55.1 Å². The Morgan fingerprint density at radius 1 is 1.04 bits per heavy atom. The maximum Gasteiger partial charge on any atom is 0.266 e. The molecule has 7 heteroatoms. The minimum absolute atomic E-state index is 0.0460. The van der Waals surface area contributed by atoms with E-state index in [1.807, 2.05) is 25.3 Å². The molecule has 144 valence electrons. The molecule has 0 atom stereocenters. The highest BCUT2D eigenvalue weighted by Crippen LogP contribution is 2.20. The van der Waals surface area contributed by atoms with Crippen LogP contribution in [0.5, 0.6) is 0 Å². The van der Waals surface area contributed by atoms with Crippen molar-refractivity contribution in [1.29, 1.82) is 0 Å². The highest BCUT2D eigenvalue weighted by molar-refractivity contribution is 5.56. The molecule has 0 amide bonds. The highest BCUT2D eigenvalue weighted by atomic mass is 16.1. The molecule has 3 aromatic rings. The van der Waals surface area contributed by atoms with Gasteiger partial charge >= 0.3 is 0 Å². The van der Waals surface area contributed by atoms with Crippen molar-refractivity contribution in [1.82, 2.24) is 29.6 Å². The van der Waals surface area contributed by atoms with E-state index < -0.39 is 0 Å². The number of likely N-dealkylation sites (tertiary alicyclic amines) is 1. The molecule has 1 aliphatic rings. The summed E-state index contributed by atoms with van der Waals surface area (Å²) in [6.07, 6.45) is 9.19. The van der Waals surface area contributed by atoms with E-state index in [9.17, 15) is 4.79 Å². The normalized spacial score (nSPS) is 15.6. The monoisotopic (exact) mass is 376 g/mol. The average Bonchev–Trinajstić information content (AvgIpc) is 2.72. The van der Waals surface area contributed by atoms with Gasteiger partial charge in [-0.25, -0.2) is 4.68 Å². The summed E-state index contributed by atoms with van der Waals surface area (Å²) in [5.74, 6) is 0.456. The molecule has 4 heterocycles. The molecule has 7 nitrogen and oxygen atoms in total. The molecule has 1 saturated heterocycles. The maximum absolute atomic E-state index is 12.3. The Balaban J connectivity index is 1.38. The molecular formula is C21H24N6O. The Bertz CT molecular complexity index is 979. The molecular weight excluding hydrogens is 352 g/mol. The molecule has 0 bridgehead atoms. The number of nitrogens with zero attached hydrogens (tertiary/aromatic N) is 6. The van der Waals surface area contributed by atoms with E-state index >= 15 is 0 Å². The molecule has 0 aliphatic carbocycles. The van der Waals surface area contributed by atoms with Gasteiger partial charge in [0.05, 0.1) is 17.1 Å². The van der Waals surface area contributed by atoms with E-state index in [0.29, 0.717) is 12.5 Å². The van der Waals surface area contributed by atoms with Crippen LogP contribution in [0.15, 0.2) is 53.8 Å². The van der Waals surface area contributed by atoms with Gasteiger partial charge in [-0.2, -0.15) is 5.10 Å². The predicted molar refractivity (Wildman–Crippen MR) is 106 cm³/mol. The zero-order chi connectivity index (χ0) is 19.3. The van der Waals surface area contributed by atoms with Crippen LogP contribution in [0.4, 0.5) is 0 Å². The Morgan fingerprint density at radius 3 is 2.57 bits per heavy atom. The van der Waals surface area contributed by atoms with Gasteiger partial charge in [0, 0.05) is 49.5 Å². The summed E-state index contributed by atoms with van der Waals surface area (Å²) in [4.78, 5) is 27.5. The molecule has 1 fully saturated rings. The zero-order valence-corrected chi connectivity index (χ0v) is 16.0. The number of rotatable bonds is 5. The van der Waals surface area contributed by atoms with Gasteiger partial charge in [0.2, 0.25) is 0 Å². The quantitative estimate of drug-likeness (QED) is 0.680. The van der Waals surface area contributed by atoms with Crippen molar-refractivity contribution in [3.05, 3.63) is 70.8 Å². The van der Waals surface area contributed by atoms with Crippen molar-refractivity contribution in [2.24, 2.45) is 5.92 Å². The van der Waals surface area contributed by atoms with Crippen LogP contribution in [0.25, 0.3) is 11.3 Å². The van der Waals surface area contributed by atoms with Crippen LogP contribution in [0.3, 0.4) is 0 Å². The van der Waals surface area contributed by atoms with Gasteiger partial charge in [-0.05, 0) is 57.0 Å². The van der Waals surface area contributed by atoms with Gasteiger partial charge in [0.25, 0.3) is 5.56 Å². The van der Waals surface area contributed by atoms with Crippen molar-refractivity contribution in [2.45, 2.75) is 32.9 Å². The molecule has 0 spiro atoms. The number of pyridine rings is 1. The number of hydrogen-bond acceptors (Lipinski definition) is 6. The minimum atomic E-state index is -0.0460. The summed E-state index contributed by atoms with van der Waals surface area (Å²) in [5.41, 5.74) is 3.69. The fraction of sp³-hybridized carbons (Fsp3) is 0.381. The lowest BCUT2D eigenvalue weighted by Crippen LogP contribution is -2.36. The standard InChI is InChI=1S/C21H24N6O/c1-16-12-23-13-19(24-16)15-26-10-6-17(7-11-26)14-27-21(28)3-2-20(25-27)18-4-8-22-9-5-18/h2-5,8-9,12-13,17H,6-7,10-11,14-15H2,1H3. The first kappa shape index (κ1) is 18.4. The first-order valence-corrected chi connectivity index (χ1v) is 9.66. The van der Waals surface area contributed by atoms with Gasteiger partial charge in [-0.3, -0.25) is 24.6 Å². The van der Waals surface area contributed by atoms with Crippen molar-refractivity contribution < 1.29 is 0 Å². The van der Waals surface area contributed by atoms with Gasteiger partial charge in [-0.1, -0.05) is 0 Å². The van der Waals surface area contributed by atoms with Gasteiger partial charge < -0.3 is 0 Å². The molecule has 0 saturated carbocycles. The Hall–Kier alpha value is -2.93. The Morgan fingerprint density at radius 2 is 1.82 bits per heavy atom. The second kappa shape index (κ2) is 8.39. The van der Waals surface area contributed by atoms with Crippen LogP contribution in [0.1, 0.15) is 24.2 Å². The summed E-state index contributed by atoms with van der Waals surface area (Å²) >= 11 is 0. The second-order valence-electron chi connectivity index (χ2n) is 7.35. The van der Waals surface area contributed by atoms with Crippen molar-refractivity contribution in [3.8, 4) is 11.3 Å². The molecule has 0 unspecified atom stereocenters. The number of piperidine rings is 1. The first-order valence-electron chi connectivity index (χ1n) is 9.66.